The molecule has 22 heavy (non-hydrogen) atoms. The monoisotopic (exact) mass is 304 g/mol. The van der Waals surface area contributed by atoms with Gasteiger partial charge in [-0.05, 0) is 30.6 Å². The van der Waals surface area contributed by atoms with Gasteiger partial charge in [-0.2, -0.15) is 0 Å². The van der Waals surface area contributed by atoms with E-state index in [1.54, 1.807) is 12.5 Å². The summed E-state index contributed by atoms with van der Waals surface area (Å²) in [6.45, 7) is 13.0. The van der Waals surface area contributed by atoms with Crippen LogP contribution in [0.15, 0.2) is 21.3 Å². The summed E-state index contributed by atoms with van der Waals surface area (Å²) in [6.07, 6.45) is 7.18. The van der Waals surface area contributed by atoms with Crippen LogP contribution in [0.2, 0.25) is 0 Å². The summed E-state index contributed by atoms with van der Waals surface area (Å²) < 4.78 is 11.2. The van der Waals surface area contributed by atoms with Gasteiger partial charge >= 0.3 is 0 Å². The first-order valence-corrected chi connectivity index (χ1v) is 7.98. The van der Waals surface area contributed by atoms with E-state index in [4.69, 9.17) is 8.83 Å². The molecule has 0 N–H and O–H groups in total. The molecule has 0 aromatic carbocycles. The lowest BCUT2D eigenvalue weighted by Crippen LogP contribution is -2.16. The maximum Gasteiger partial charge on any atom is 0.194 e. The van der Waals surface area contributed by atoms with Crippen LogP contribution in [0.5, 0.6) is 0 Å². The van der Waals surface area contributed by atoms with Crippen molar-refractivity contribution in [2.24, 2.45) is 10.8 Å². The van der Waals surface area contributed by atoms with Gasteiger partial charge in [-0.15, -0.1) is 0 Å². The molecule has 0 aliphatic carbocycles. The lowest BCUT2D eigenvalue weighted by molar-refractivity contribution is 0.286. The Bertz CT molecular complexity index is 603. The van der Waals surface area contributed by atoms with Crippen LogP contribution >= 0.6 is 0 Å². The normalized spacial score (nSPS) is 12.8. The molecule has 122 valence electrons. The number of rotatable bonds is 6. The topological polar surface area (TPSA) is 52.1 Å². The quantitative estimate of drug-likeness (QED) is 0.772. The molecule has 2 aromatic rings. The fraction of sp³-hybridized carbons (Fsp3) is 0.667. The van der Waals surface area contributed by atoms with E-state index in [0.29, 0.717) is 0 Å². The number of aromatic nitrogens is 2. The first kappa shape index (κ1) is 16.8. The van der Waals surface area contributed by atoms with Crippen molar-refractivity contribution in [3.63, 3.8) is 0 Å². The number of nitrogens with zero attached hydrogens (tertiary/aromatic N) is 2. The highest BCUT2D eigenvalue weighted by Crippen LogP contribution is 2.28. The molecule has 0 radical (unpaired) electrons. The SMILES string of the molecule is Cc1cnc(CC(C)(C)CCc2nc(CC(C)(C)C)co2)o1. The number of aryl methyl sites for hydroxylation is 2. The summed E-state index contributed by atoms with van der Waals surface area (Å²) in [5, 5.41) is 0. The van der Waals surface area contributed by atoms with Gasteiger partial charge in [0.2, 0.25) is 0 Å². The van der Waals surface area contributed by atoms with Crippen molar-refractivity contribution >= 4 is 0 Å². The third-order valence-corrected chi connectivity index (χ3v) is 3.63. The van der Waals surface area contributed by atoms with Crippen LogP contribution in [0.4, 0.5) is 0 Å². The van der Waals surface area contributed by atoms with Crippen LogP contribution < -0.4 is 0 Å². The van der Waals surface area contributed by atoms with Crippen molar-refractivity contribution < 1.29 is 8.83 Å². The van der Waals surface area contributed by atoms with Gasteiger partial charge in [0.15, 0.2) is 11.8 Å². The van der Waals surface area contributed by atoms with Gasteiger partial charge in [0, 0.05) is 12.8 Å². The molecule has 2 heterocycles. The largest absolute Gasteiger partial charge is 0.449 e. The summed E-state index contributed by atoms with van der Waals surface area (Å²) in [4.78, 5) is 8.90. The lowest BCUT2D eigenvalue weighted by atomic mass is 9.84. The predicted octanol–water partition coefficient (Wildman–Crippen LogP) is 4.76. The Morgan fingerprint density at radius 2 is 1.77 bits per heavy atom. The summed E-state index contributed by atoms with van der Waals surface area (Å²) in [5.41, 5.74) is 1.38. The second-order valence-electron chi connectivity index (χ2n) is 8.18. The van der Waals surface area contributed by atoms with E-state index in [1.807, 2.05) is 6.92 Å². The van der Waals surface area contributed by atoms with Gasteiger partial charge < -0.3 is 8.83 Å². The molecule has 0 saturated carbocycles. The van der Waals surface area contributed by atoms with Crippen LogP contribution in [-0.4, -0.2) is 9.97 Å². The van der Waals surface area contributed by atoms with E-state index in [9.17, 15) is 0 Å². The van der Waals surface area contributed by atoms with Crippen molar-refractivity contribution in [3.8, 4) is 0 Å². The van der Waals surface area contributed by atoms with Crippen LogP contribution in [0, 0.1) is 17.8 Å². The molecule has 4 heteroatoms. The number of hydrogen-bond acceptors (Lipinski definition) is 4. The molecule has 2 rings (SSSR count). The van der Waals surface area contributed by atoms with Crippen molar-refractivity contribution in [3.05, 3.63) is 35.7 Å². The first-order chi connectivity index (χ1) is 10.1. The first-order valence-electron chi connectivity index (χ1n) is 7.98. The Balaban J connectivity index is 1.88. The van der Waals surface area contributed by atoms with Crippen LogP contribution in [-0.2, 0) is 19.3 Å². The highest BCUT2D eigenvalue weighted by atomic mass is 16.4. The Labute approximate surface area is 133 Å². The van der Waals surface area contributed by atoms with Crippen LogP contribution in [0.25, 0.3) is 0 Å². The van der Waals surface area contributed by atoms with Crippen LogP contribution in [0.3, 0.4) is 0 Å². The third kappa shape index (κ3) is 5.32. The second-order valence-corrected chi connectivity index (χ2v) is 8.18. The molecular weight excluding hydrogens is 276 g/mol. The zero-order chi connectivity index (χ0) is 16.4. The predicted molar refractivity (Wildman–Crippen MR) is 86.7 cm³/mol. The maximum absolute atomic E-state index is 5.61. The minimum atomic E-state index is 0.107. The fourth-order valence-corrected chi connectivity index (χ4v) is 2.51. The average molecular weight is 304 g/mol. The average Bonchev–Trinajstić information content (AvgIpc) is 2.94. The van der Waals surface area contributed by atoms with Gasteiger partial charge in [-0.3, -0.25) is 0 Å². The third-order valence-electron chi connectivity index (χ3n) is 3.63. The highest BCUT2D eigenvalue weighted by Gasteiger charge is 2.22. The maximum atomic E-state index is 5.61. The summed E-state index contributed by atoms with van der Waals surface area (Å²) in [7, 11) is 0. The molecule has 0 bridgehead atoms. The zero-order valence-corrected chi connectivity index (χ0v) is 14.7. The van der Waals surface area contributed by atoms with Gasteiger partial charge in [0.1, 0.15) is 12.0 Å². The van der Waals surface area contributed by atoms with Crippen molar-refractivity contribution in [2.75, 3.05) is 0 Å². The molecule has 0 saturated heterocycles. The van der Waals surface area contributed by atoms with Gasteiger partial charge in [0.25, 0.3) is 0 Å². The molecule has 2 aromatic heterocycles. The number of hydrogen-bond donors (Lipinski definition) is 0. The van der Waals surface area contributed by atoms with Gasteiger partial charge in [0.05, 0.1) is 11.9 Å². The molecule has 0 amide bonds. The van der Waals surface area contributed by atoms with E-state index >= 15 is 0 Å². The van der Waals surface area contributed by atoms with E-state index in [-0.39, 0.29) is 10.8 Å². The molecule has 0 fully saturated rings. The molecule has 0 unspecified atom stereocenters. The number of oxazole rings is 2. The van der Waals surface area contributed by atoms with E-state index in [2.05, 4.69) is 44.6 Å². The zero-order valence-electron chi connectivity index (χ0n) is 14.7. The Hall–Kier alpha value is -1.58. The van der Waals surface area contributed by atoms with Crippen molar-refractivity contribution in [1.82, 2.24) is 9.97 Å². The molecule has 4 nitrogen and oxygen atoms in total. The minimum Gasteiger partial charge on any atom is -0.449 e. The summed E-state index contributed by atoms with van der Waals surface area (Å²) >= 11 is 0. The molecule has 0 atom stereocenters. The second kappa shape index (κ2) is 6.27. The molecule has 0 aliphatic heterocycles. The van der Waals surface area contributed by atoms with E-state index < -0.39 is 0 Å². The van der Waals surface area contributed by atoms with E-state index in [1.165, 1.54) is 0 Å². The molecule has 0 aliphatic rings. The molecular formula is C18H28N2O2. The summed E-state index contributed by atoms with van der Waals surface area (Å²) in [5.74, 6) is 2.50. The standard InChI is InChI=1S/C18H28N2O2/c1-13-11-19-16(22-13)10-18(5,6)8-7-15-20-14(12-21-15)9-17(2,3)4/h11-12H,7-10H2,1-6H3. The van der Waals surface area contributed by atoms with E-state index in [0.717, 1.165) is 48.9 Å². The van der Waals surface area contributed by atoms with Crippen LogP contribution in [0.1, 0.15) is 64.3 Å². The summed E-state index contributed by atoms with van der Waals surface area (Å²) in [6, 6.07) is 0. The van der Waals surface area contributed by atoms with Crippen molar-refractivity contribution in [1.29, 1.82) is 0 Å². The smallest absolute Gasteiger partial charge is 0.194 e. The lowest BCUT2D eigenvalue weighted by Gasteiger charge is -2.21. The highest BCUT2D eigenvalue weighted by molar-refractivity contribution is 5.00. The van der Waals surface area contributed by atoms with Crippen molar-refractivity contribution in [2.45, 2.75) is 67.2 Å². The fourth-order valence-electron chi connectivity index (χ4n) is 2.51. The minimum absolute atomic E-state index is 0.107. The Morgan fingerprint density at radius 3 is 2.36 bits per heavy atom. The van der Waals surface area contributed by atoms with Gasteiger partial charge in [-0.1, -0.05) is 34.6 Å². The Morgan fingerprint density at radius 1 is 1.05 bits per heavy atom. The van der Waals surface area contributed by atoms with Gasteiger partial charge in [-0.25, -0.2) is 9.97 Å². The molecule has 0 spiro atoms. The Kier molecular flexibility index (Phi) is 4.78.